The fourth-order valence-electron chi connectivity index (χ4n) is 11.6. The number of esters is 4. The molecule has 5 atom stereocenters. The first-order chi connectivity index (χ1) is 45.6. The lowest BCUT2D eigenvalue weighted by Crippen LogP contribution is -2.30. The number of ether oxygens (including phenoxy) is 4. The summed E-state index contributed by atoms with van der Waals surface area (Å²) >= 11 is 0. The van der Waals surface area contributed by atoms with Crippen molar-refractivity contribution in [1.29, 1.82) is 0 Å². The van der Waals surface area contributed by atoms with E-state index in [-0.39, 0.29) is 25.7 Å². The molecule has 19 heteroatoms. The van der Waals surface area contributed by atoms with Crippen LogP contribution >= 0.6 is 15.6 Å². The van der Waals surface area contributed by atoms with Crippen LogP contribution in [-0.2, 0) is 65.4 Å². The van der Waals surface area contributed by atoms with Crippen molar-refractivity contribution in [1.82, 2.24) is 0 Å². The molecule has 0 spiro atoms. The molecule has 0 aliphatic rings. The van der Waals surface area contributed by atoms with Crippen LogP contribution in [0.25, 0.3) is 0 Å². The number of carbonyl (C=O) groups excluding carboxylic acids is 4. The molecule has 0 saturated carbocycles. The Morgan fingerprint density at radius 1 is 0.263 bits per heavy atom. The average molecular weight is 1400 g/mol. The summed E-state index contributed by atoms with van der Waals surface area (Å²) in [5, 5.41) is 10.6. The van der Waals surface area contributed by atoms with Gasteiger partial charge in [-0.15, -0.1) is 0 Å². The van der Waals surface area contributed by atoms with E-state index in [4.69, 9.17) is 37.0 Å². The molecule has 0 radical (unpaired) electrons. The number of hydrogen-bond donors (Lipinski definition) is 3. The summed E-state index contributed by atoms with van der Waals surface area (Å²) in [6.45, 7) is 14.1. The Labute approximate surface area is 581 Å². The van der Waals surface area contributed by atoms with E-state index in [2.05, 4.69) is 55.4 Å². The van der Waals surface area contributed by atoms with Crippen LogP contribution < -0.4 is 0 Å². The third-order valence-corrected chi connectivity index (χ3v) is 19.5. The largest absolute Gasteiger partial charge is 0.472 e. The number of carbonyl (C=O) groups is 4. The second-order valence-electron chi connectivity index (χ2n) is 29.3. The Bertz CT molecular complexity index is 1870. The Morgan fingerprint density at radius 2 is 0.442 bits per heavy atom. The lowest BCUT2D eigenvalue weighted by molar-refractivity contribution is -0.161. The summed E-state index contributed by atoms with van der Waals surface area (Å²) in [7, 11) is -9.91. The van der Waals surface area contributed by atoms with Gasteiger partial charge >= 0.3 is 39.5 Å². The number of aliphatic hydroxyl groups excluding tert-OH is 1. The van der Waals surface area contributed by atoms with Crippen LogP contribution in [0, 0.1) is 23.7 Å². The van der Waals surface area contributed by atoms with Gasteiger partial charge in [0.2, 0.25) is 0 Å². The van der Waals surface area contributed by atoms with Crippen LogP contribution in [0.1, 0.15) is 383 Å². The predicted octanol–water partition coefficient (Wildman–Crippen LogP) is 22.0. The van der Waals surface area contributed by atoms with Crippen LogP contribution in [-0.4, -0.2) is 96.7 Å². The van der Waals surface area contributed by atoms with E-state index >= 15 is 0 Å². The van der Waals surface area contributed by atoms with Crippen LogP contribution in [0.3, 0.4) is 0 Å². The molecule has 0 fully saturated rings. The van der Waals surface area contributed by atoms with Crippen molar-refractivity contribution in [3.05, 3.63) is 0 Å². The van der Waals surface area contributed by atoms with Gasteiger partial charge in [0.25, 0.3) is 0 Å². The molecule has 0 rings (SSSR count). The Balaban J connectivity index is 5.23. The maximum absolute atomic E-state index is 13.1. The van der Waals surface area contributed by atoms with E-state index in [0.29, 0.717) is 31.6 Å². The van der Waals surface area contributed by atoms with Crippen LogP contribution in [0.4, 0.5) is 0 Å². The van der Waals surface area contributed by atoms with Crippen LogP contribution in [0.5, 0.6) is 0 Å². The lowest BCUT2D eigenvalue weighted by atomic mass is 10.0. The number of hydrogen-bond acceptors (Lipinski definition) is 15. The number of phosphoric acid groups is 2. The van der Waals surface area contributed by atoms with Crippen molar-refractivity contribution in [3.8, 4) is 0 Å². The van der Waals surface area contributed by atoms with Crippen LogP contribution in [0.2, 0.25) is 0 Å². The standard InChI is InChI=1S/C76H148O17P2/c1-66(2)52-44-36-28-21-17-13-10-9-11-15-19-23-32-40-48-56-73(78)86-62-71(92-75(80)58-50-42-34-24-20-16-12-14-18-22-29-37-45-53-67(3)4)64-90-94(82,83)88-60-70(77)61-89-95(84,85)91-65-72(93-76(81)59-51-43-35-27-31-39-47-55-69(7)8)63-87-74(79)57-49-41-33-26-25-30-38-46-54-68(5)6/h66-72,77H,9-65H2,1-8H3,(H,82,83)(H,84,85)/t70?,71-,72-/m1/s1. The van der Waals surface area contributed by atoms with E-state index in [1.165, 1.54) is 186 Å². The molecule has 95 heavy (non-hydrogen) atoms. The smallest absolute Gasteiger partial charge is 0.462 e. The third-order valence-electron chi connectivity index (χ3n) is 17.6. The van der Waals surface area contributed by atoms with Crippen molar-refractivity contribution in [2.75, 3.05) is 39.6 Å². The fraction of sp³-hybridized carbons (Fsp3) is 0.947. The molecule has 564 valence electrons. The molecule has 3 N–H and O–H groups in total. The molecule has 0 amide bonds. The average Bonchev–Trinajstić information content (AvgIpc) is 1.93. The quantitative estimate of drug-likeness (QED) is 0.0222. The summed E-state index contributed by atoms with van der Waals surface area (Å²) in [6, 6.07) is 0. The van der Waals surface area contributed by atoms with E-state index in [1.807, 2.05) is 0 Å². The van der Waals surface area contributed by atoms with Gasteiger partial charge in [0.15, 0.2) is 12.2 Å². The highest BCUT2D eigenvalue weighted by Crippen LogP contribution is 2.45. The van der Waals surface area contributed by atoms with E-state index in [9.17, 15) is 43.2 Å². The first-order valence-corrected chi connectivity index (χ1v) is 42.2. The zero-order chi connectivity index (χ0) is 70.3. The molecule has 0 saturated heterocycles. The Hall–Kier alpha value is -1.94. The molecule has 0 aromatic heterocycles. The van der Waals surface area contributed by atoms with Crippen molar-refractivity contribution in [3.63, 3.8) is 0 Å². The topological polar surface area (TPSA) is 237 Å². The highest BCUT2D eigenvalue weighted by Gasteiger charge is 2.30. The van der Waals surface area contributed by atoms with Gasteiger partial charge in [-0.05, 0) is 49.4 Å². The summed E-state index contributed by atoms with van der Waals surface area (Å²) in [4.78, 5) is 72.8. The van der Waals surface area contributed by atoms with Gasteiger partial charge in [-0.3, -0.25) is 37.3 Å². The number of rotatable bonds is 73. The molecule has 0 aliphatic carbocycles. The van der Waals surface area contributed by atoms with E-state index < -0.39 is 97.5 Å². The predicted molar refractivity (Wildman–Crippen MR) is 386 cm³/mol. The minimum Gasteiger partial charge on any atom is -0.462 e. The van der Waals surface area contributed by atoms with Crippen molar-refractivity contribution >= 4 is 39.5 Å². The summed E-state index contributed by atoms with van der Waals surface area (Å²) in [5.41, 5.74) is 0. The van der Waals surface area contributed by atoms with Gasteiger partial charge in [-0.2, -0.15) is 0 Å². The Kier molecular flexibility index (Phi) is 64.0. The number of phosphoric ester groups is 2. The maximum Gasteiger partial charge on any atom is 0.472 e. The lowest BCUT2D eigenvalue weighted by Gasteiger charge is -2.21. The zero-order valence-electron chi connectivity index (χ0n) is 62.3. The molecule has 0 heterocycles. The molecule has 0 bridgehead atoms. The van der Waals surface area contributed by atoms with E-state index in [0.717, 1.165) is 108 Å². The normalized spacial score (nSPS) is 14.1. The van der Waals surface area contributed by atoms with Gasteiger partial charge in [0.1, 0.15) is 19.3 Å². The minimum atomic E-state index is -4.96. The molecular weight excluding hydrogens is 1250 g/mol. The highest BCUT2D eigenvalue weighted by molar-refractivity contribution is 7.47. The summed E-state index contributed by atoms with van der Waals surface area (Å²) in [6.07, 6.45) is 50.1. The minimum absolute atomic E-state index is 0.103. The molecule has 0 aromatic carbocycles. The first kappa shape index (κ1) is 93.1. The summed E-state index contributed by atoms with van der Waals surface area (Å²) < 4.78 is 68.5. The highest BCUT2D eigenvalue weighted by atomic mass is 31.2. The van der Waals surface area contributed by atoms with Gasteiger partial charge < -0.3 is 33.8 Å². The maximum atomic E-state index is 13.1. The SMILES string of the molecule is CC(C)CCCCCCCCCCCCCCCCCC(=O)OC[C@H](COP(=O)(O)OCC(O)COP(=O)(O)OC[C@@H](COC(=O)CCCCCCCCCCC(C)C)OC(=O)CCCCCCCCCC(C)C)OC(=O)CCCCCCCCCCCCCCCC(C)C. The molecule has 0 aliphatic heterocycles. The van der Waals surface area contributed by atoms with Crippen molar-refractivity contribution in [2.24, 2.45) is 23.7 Å². The molecule has 17 nitrogen and oxygen atoms in total. The van der Waals surface area contributed by atoms with Gasteiger partial charge in [0, 0.05) is 25.7 Å². The molecular formula is C76H148O17P2. The third kappa shape index (κ3) is 70.3. The van der Waals surface area contributed by atoms with E-state index in [1.54, 1.807) is 0 Å². The second kappa shape index (κ2) is 65.4. The monoisotopic (exact) mass is 1400 g/mol. The second-order valence-corrected chi connectivity index (χ2v) is 32.2. The molecule has 3 unspecified atom stereocenters. The number of aliphatic hydroxyl groups is 1. The summed E-state index contributed by atoms with van der Waals surface area (Å²) in [5.74, 6) is 0.892. The first-order valence-electron chi connectivity index (χ1n) is 39.2. The van der Waals surface area contributed by atoms with Crippen LogP contribution in [0.15, 0.2) is 0 Å². The zero-order valence-corrected chi connectivity index (χ0v) is 64.1. The van der Waals surface area contributed by atoms with Crippen molar-refractivity contribution < 1.29 is 80.2 Å². The molecule has 0 aromatic rings. The van der Waals surface area contributed by atoms with Crippen molar-refractivity contribution in [2.45, 2.75) is 401 Å². The van der Waals surface area contributed by atoms with Gasteiger partial charge in [-0.25, -0.2) is 9.13 Å². The van der Waals surface area contributed by atoms with Gasteiger partial charge in [0.05, 0.1) is 26.4 Å². The van der Waals surface area contributed by atoms with Gasteiger partial charge in [-0.1, -0.05) is 331 Å². The number of unbranched alkanes of at least 4 members (excludes halogenated alkanes) is 39. The fourth-order valence-corrected chi connectivity index (χ4v) is 13.1. The Morgan fingerprint density at radius 3 is 0.653 bits per heavy atom.